The van der Waals surface area contributed by atoms with Crippen molar-refractivity contribution in [2.45, 2.75) is 36.6 Å². The summed E-state index contributed by atoms with van der Waals surface area (Å²) in [5.41, 5.74) is 1.02. The molecular formula is C14H18BrNOS. The number of fused-ring (bicyclic) bond motifs is 1. The molecule has 1 heterocycles. The van der Waals surface area contributed by atoms with E-state index in [1.165, 1.54) is 10.5 Å². The zero-order chi connectivity index (χ0) is 13.2. The lowest BCUT2D eigenvalue weighted by Gasteiger charge is -2.29. The highest BCUT2D eigenvalue weighted by Gasteiger charge is 2.32. The monoisotopic (exact) mass is 327 g/mol. The molecule has 0 bridgehead atoms. The Labute approximate surface area is 121 Å². The van der Waals surface area contributed by atoms with Crippen LogP contribution in [0.4, 0.5) is 0 Å². The van der Waals surface area contributed by atoms with Crippen LogP contribution in [0.2, 0.25) is 0 Å². The van der Waals surface area contributed by atoms with E-state index in [1.807, 2.05) is 12.1 Å². The maximum absolute atomic E-state index is 12.4. The quantitative estimate of drug-likeness (QED) is 0.857. The lowest BCUT2D eigenvalue weighted by Crippen LogP contribution is -2.48. The third-order valence-corrected chi connectivity index (χ3v) is 5.94. The zero-order valence-electron chi connectivity index (χ0n) is 10.7. The predicted molar refractivity (Wildman–Crippen MR) is 80.5 cm³/mol. The first-order valence-corrected chi connectivity index (χ1v) is 8.30. The number of rotatable bonds is 4. The fourth-order valence-electron chi connectivity index (χ4n) is 1.98. The first kappa shape index (κ1) is 13.9. The Morgan fingerprint density at radius 1 is 1.56 bits per heavy atom. The van der Waals surface area contributed by atoms with Crippen molar-refractivity contribution in [2.24, 2.45) is 0 Å². The van der Waals surface area contributed by atoms with Gasteiger partial charge in [0.2, 0.25) is 5.91 Å². The second-order valence-electron chi connectivity index (χ2n) is 4.94. The molecule has 1 amide bonds. The van der Waals surface area contributed by atoms with E-state index in [4.69, 9.17) is 0 Å². The Morgan fingerprint density at radius 2 is 2.28 bits per heavy atom. The number of halogens is 1. The van der Waals surface area contributed by atoms with Gasteiger partial charge in [0.1, 0.15) is 0 Å². The number of benzene rings is 1. The second kappa shape index (κ2) is 5.66. The van der Waals surface area contributed by atoms with Crippen LogP contribution in [0, 0.1) is 0 Å². The average molecular weight is 328 g/mol. The molecule has 18 heavy (non-hydrogen) atoms. The first-order chi connectivity index (χ1) is 8.59. The van der Waals surface area contributed by atoms with E-state index in [1.54, 1.807) is 11.8 Å². The molecule has 2 nitrogen and oxygen atoms in total. The van der Waals surface area contributed by atoms with Crippen LogP contribution in [-0.2, 0) is 4.79 Å². The molecule has 2 rings (SSSR count). The first-order valence-electron chi connectivity index (χ1n) is 6.19. The number of thioether (sulfide) groups is 1. The Morgan fingerprint density at radius 3 is 2.94 bits per heavy atom. The molecule has 0 aromatic heterocycles. The highest BCUT2D eigenvalue weighted by molar-refractivity contribution is 9.09. The number of hydrogen-bond acceptors (Lipinski definition) is 2. The number of amides is 1. The summed E-state index contributed by atoms with van der Waals surface area (Å²) in [6, 6.07) is 8.20. The third-order valence-electron chi connectivity index (χ3n) is 3.52. The molecule has 1 aliphatic rings. The van der Waals surface area contributed by atoms with Gasteiger partial charge < -0.3 is 5.32 Å². The zero-order valence-corrected chi connectivity index (χ0v) is 13.1. The van der Waals surface area contributed by atoms with Gasteiger partial charge in [-0.1, -0.05) is 41.1 Å². The van der Waals surface area contributed by atoms with Crippen molar-refractivity contribution in [1.82, 2.24) is 5.32 Å². The van der Waals surface area contributed by atoms with Gasteiger partial charge in [0, 0.05) is 21.5 Å². The summed E-state index contributed by atoms with van der Waals surface area (Å²) in [4.78, 5) is 13.6. The minimum atomic E-state index is -0.153. The maximum atomic E-state index is 12.4. The van der Waals surface area contributed by atoms with Crippen LogP contribution in [-0.4, -0.2) is 22.5 Å². The van der Waals surface area contributed by atoms with E-state index >= 15 is 0 Å². The molecule has 0 fully saturated rings. The lowest BCUT2D eigenvalue weighted by atomic mass is 9.96. The summed E-state index contributed by atoms with van der Waals surface area (Å²) in [6.45, 7) is 4.17. The Hall–Kier alpha value is -0.480. The van der Waals surface area contributed by atoms with Gasteiger partial charge in [-0.25, -0.2) is 0 Å². The number of carbonyl (C=O) groups is 1. The predicted octanol–water partition coefficient (Wildman–Crippen LogP) is 3.56. The van der Waals surface area contributed by atoms with Crippen LogP contribution in [0.25, 0.3) is 0 Å². The molecule has 4 heteroatoms. The molecular weight excluding hydrogens is 310 g/mol. The molecule has 2 atom stereocenters. The number of alkyl halides is 1. The van der Waals surface area contributed by atoms with Gasteiger partial charge in [-0.05, 0) is 25.0 Å². The summed E-state index contributed by atoms with van der Waals surface area (Å²) < 4.78 is 0. The lowest BCUT2D eigenvalue weighted by molar-refractivity contribution is -0.123. The number of hydrogen-bond donors (Lipinski definition) is 1. The van der Waals surface area contributed by atoms with Gasteiger partial charge in [-0.15, -0.1) is 11.8 Å². The van der Waals surface area contributed by atoms with Gasteiger partial charge in [0.25, 0.3) is 0 Å². The van der Waals surface area contributed by atoms with E-state index in [2.05, 4.69) is 47.2 Å². The van der Waals surface area contributed by atoms with E-state index < -0.39 is 0 Å². The molecule has 0 spiro atoms. The molecule has 0 aliphatic carbocycles. The molecule has 1 aromatic rings. The fourth-order valence-corrected chi connectivity index (χ4v) is 3.75. The van der Waals surface area contributed by atoms with Gasteiger partial charge in [0.05, 0.1) is 5.92 Å². The summed E-state index contributed by atoms with van der Waals surface area (Å²) in [5, 5.41) is 3.96. The highest BCUT2D eigenvalue weighted by atomic mass is 79.9. The standard InChI is InChI=1S/C14H18BrNOS/c1-3-14(2,9-15)16-13(17)11-8-18-12-7-5-4-6-10(11)12/h4-7,11H,3,8-9H2,1-2H3,(H,16,17). The molecule has 0 saturated carbocycles. The van der Waals surface area contributed by atoms with Gasteiger partial charge in [-0.2, -0.15) is 0 Å². The van der Waals surface area contributed by atoms with Crippen LogP contribution in [0.5, 0.6) is 0 Å². The summed E-state index contributed by atoms with van der Waals surface area (Å²) in [5.74, 6) is 1.00. The number of carbonyl (C=O) groups excluding carboxylic acids is 1. The molecule has 0 radical (unpaired) electrons. The Bertz CT molecular complexity index is 445. The van der Waals surface area contributed by atoms with E-state index in [-0.39, 0.29) is 17.4 Å². The van der Waals surface area contributed by atoms with E-state index in [0.717, 1.165) is 17.5 Å². The summed E-state index contributed by atoms with van der Waals surface area (Å²) >= 11 is 5.25. The third kappa shape index (κ3) is 2.75. The van der Waals surface area contributed by atoms with E-state index in [0.29, 0.717) is 0 Å². The topological polar surface area (TPSA) is 29.1 Å². The van der Waals surface area contributed by atoms with Crippen molar-refractivity contribution in [3.63, 3.8) is 0 Å². The average Bonchev–Trinajstić information content (AvgIpc) is 2.82. The molecule has 1 aromatic carbocycles. The SMILES string of the molecule is CCC(C)(CBr)NC(=O)C1CSc2ccccc21. The number of nitrogens with one attached hydrogen (secondary N) is 1. The highest BCUT2D eigenvalue weighted by Crippen LogP contribution is 2.39. The van der Waals surface area contributed by atoms with Crippen molar-refractivity contribution in [1.29, 1.82) is 0 Å². The van der Waals surface area contributed by atoms with Gasteiger partial charge >= 0.3 is 0 Å². The van der Waals surface area contributed by atoms with Crippen molar-refractivity contribution < 1.29 is 4.79 Å². The van der Waals surface area contributed by atoms with E-state index in [9.17, 15) is 4.79 Å². The fraction of sp³-hybridized carbons (Fsp3) is 0.500. The van der Waals surface area contributed by atoms with Crippen LogP contribution in [0.3, 0.4) is 0 Å². The Kier molecular flexibility index (Phi) is 4.38. The van der Waals surface area contributed by atoms with Crippen molar-refractivity contribution in [3.8, 4) is 0 Å². The second-order valence-corrected chi connectivity index (χ2v) is 6.56. The molecule has 98 valence electrons. The van der Waals surface area contributed by atoms with Crippen LogP contribution >= 0.6 is 27.7 Å². The van der Waals surface area contributed by atoms with Gasteiger partial charge in [0.15, 0.2) is 0 Å². The molecule has 0 saturated heterocycles. The molecule has 1 aliphatic heterocycles. The van der Waals surface area contributed by atoms with Gasteiger partial charge in [-0.3, -0.25) is 4.79 Å². The van der Waals surface area contributed by atoms with Crippen LogP contribution in [0.1, 0.15) is 31.7 Å². The maximum Gasteiger partial charge on any atom is 0.228 e. The normalized spacial score (nSPS) is 21.2. The van der Waals surface area contributed by atoms with Crippen molar-refractivity contribution >= 4 is 33.6 Å². The summed E-state index contributed by atoms with van der Waals surface area (Å²) in [7, 11) is 0. The van der Waals surface area contributed by atoms with Crippen molar-refractivity contribution in [3.05, 3.63) is 29.8 Å². The minimum Gasteiger partial charge on any atom is -0.350 e. The minimum absolute atomic E-state index is 0.00359. The van der Waals surface area contributed by atoms with Crippen LogP contribution in [0.15, 0.2) is 29.2 Å². The summed E-state index contributed by atoms with van der Waals surface area (Å²) in [6.07, 6.45) is 0.922. The largest absolute Gasteiger partial charge is 0.350 e. The van der Waals surface area contributed by atoms with Crippen LogP contribution < -0.4 is 5.32 Å². The smallest absolute Gasteiger partial charge is 0.228 e. The van der Waals surface area contributed by atoms with Crippen molar-refractivity contribution in [2.75, 3.05) is 11.1 Å². The molecule has 1 N–H and O–H groups in total. The Balaban J connectivity index is 2.12. The molecule has 2 unspecified atom stereocenters.